The van der Waals surface area contributed by atoms with E-state index in [1.165, 1.54) is 43.2 Å². The van der Waals surface area contributed by atoms with Crippen molar-refractivity contribution in [3.8, 4) is 5.75 Å². The summed E-state index contributed by atoms with van der Waals surface area (Å²) < 4.78 is 5.46. The molecule has 0 aliphatic heterocycles. The topological polar surface area (TPSA) is 29.5 Å². The maximum absolute atomic E-state index is 9.79. The predicted octanol–water partition coefficient (Wildman–Crippen LogP) is 3.66. The van der Waals surface area contributed by atoms with Crippen molar-refractivity contribution in [1.29, 1.82) is 0 Å². The standard InChI is InChI=1S/C16H24O2/c1-12-8-9-16(18-2)14(10-12)15(11-17)13-6-4-3-5-7-13/h8-10,13,15,17H,3-7,11H2,1-2H3. The molecule has 1 unspecified atom stereocenters. The van der Waals surface area contributed by atoms with Gasteiger partial charge in [-0.3, -0.25) is 0 Å². The third kappa shape index (κ3) is 2.86. The first-order chi connectivity index (χ1) is 8.76. The number of aryl methyl sites for hydroxylation is 1. The average Bonchev–Trinajstić information content (AvgIpc) is 2.41. The van der Waals surface area contributed by atoms with Crippen LogP contribution < -0.4 is 4.74 Å². The van der Waals surface area contributed by atoms with Gasteiger partial charge in [0.15, 0.2) is 0 Å². The highest BCUT2D eigenvalue weighted by Gasteiger charge is 2.26. The van der Waals surface area contributed by atoms with Gasteiger partial charge in [0.1, 0.15) is 5.75 Å². The highest BCUT2D eigenvalue weighted by molar-refractivity contribution is 5.40. The summed E-state index contributed by atoms with van der Waals surface area (Å²) in [6, 6.07) is 6.27. The molecule has 0 radical (unpaired) electrons. The van der Waals surface area contributed by atoms with E-state index in [0.29, 0.717) is 5.92 Å². The van der Waals surface area contributed by atoms with Crippen molar-refractivity contribution in [2.75, 3.05) is 13.7 Å². The normalized spacial score (nSPS) is 18.6. The van der Waals surface area contributed by atoms with Gasteiger partial charge in [-0.25, -0.2) is 0 Å². The second kappa shape index (κ2) is 6.24. The second-order valence-corrected chi connectivity index (χ2v) is 5.43. The van der Waals surface area contributed by atoms with Crippen LogP contribution in [0.4, 0.5) is 0 Å². The molecule has 1 aromatic rings. The molecule has 100 valence electrons. The lowest BCUT2D eigenvalue weighted by molar-refractivity contribution is 0.193. The van der Waals surface area contributed by atoms with E-state index in [1.807, 2.05) is 6.07 Å². The van der Waals surface area contributed by atoms with Crippen LogP contribution in [0.25, 0.3) is 0 Å². The number of aliphatic hydroxyl groups excluding tert-OH is 1. The largest absolute Gasteiger partial charge is 0.496 e. The van der Waals surface area contributed by atoms with Crippen molar-refractivity contribution in [1.82, 2.24) is 0 Å². The summed E-state index contributed by atoms with van der Waals surface area (Å²) in [6.45, 7) is 2.32. The van der Waals surface area contributed by atoms with Gasteiger partial charge in [0.05, 0.1) is 13.7 Å². The molecule has 1 aliphatic rings. The van der Waals surface area contributed by atoms with Crippen LogP contribution in [0.5, 0.6) is 5.75 Å². The first kappa shape index (κ1) is 13.4. The predicted molar refractivity (Wildman–Crippen MR) is 74.1 cm³/mol. The Hall–Kier alpha value is -1.02. The quantitative estimate of drug-likeness (QED) is 0.881. The minimum atomic E-state index is 0.227. The third-order valence-electron chi connectivity index (χ3n) is 4.20. The van der Waals surface area contributed by atoms with Crippen molar-refractivity contribution >= 4 is 0 Å². The fourth-order valence-corrected chi connectivity index (χ4v) is 3.18. The summed E-state index contributed by atoms with van der Waals surface area (Å²) >= 11 is 0. The van der Waals surface area contributed by atoms with Gasteiger partial charge in [0, 0.05) is 11.5 Å². The highest BCUT2D eigenvalue weighted by Crippen LogP contribution is 2.39. The van der Waals surface area contributed by atoms with E-state index in [2.05, 4.69) is 19.1 Å². The molecular formula is C16H24O2. The van der Waals surface area contributed by atoms with Gasteiger partial charge in [-0.2, -0.15) is 0 Å². The number of hydrogen-bond acceptors (Lipinski definition) is 2. The summed E-state index contributed by atoms with van der Waals surface area (Å²) in [5.41, 5.74) is 2.42. The zero-order valence-corrected chi connectivity index (χ0v) is 11.5. The Labute approximate surface area is 110 Å². The van der Waals surface area contributed by atoms with E-state index in [0.717, 1.165) is 5.75 Å². The van der Waals surface area contributed by atoms with Gasteiger partial charge in [0.2, 0.25) is 0 Å². The van der Waals surface area contributed by atoms with Crippen molar-refractivity contribution in [2.45, 2.75) is 44.9 Å². The lowest BCUT2D eigenvalue weighted by Crippen LogP contribution is -2.20. The van der Waals surface area contributed by atoms with Crippen molar-refractivity contribution in [2.24, 2.45) is 5.92 Å². The van der Waals surface area contributed by atoms with E-state index in [1.54, 1.807) is 7.11 Å². The zero-order chi connectivity index (χ0) is 13.0. The number of ether oxygens (including phenoxy) is 1. The van der Waals surface area contributed by atoms with Gasteiger partial charge in [-0.15, -0.1) is 0 Å². The molecule has 0 bridgehead atoms. The molecule has 2 nitrogen and oxygen atoms in total. The fourth-order valence-electron chi connectivity index (χ4n) is 3.18. The van der Waals surface area contributed by atoms with Crippen LogP contribution in [-0.2, 0) is 0 Å². The zero-order valence-electron chi connectivity index (χ0n) is 11.5. The van der Waals surface area contributed by atoms with Crippen LogP contribution >= 0.6 is 0 Å². The molecule has 1 N–H and O–H groups in total. The SMILES string of the molecule is COc1ccc(C)cc1C(CO)C1CCCCC1. The Kier molecular flexibility index (Phi) is 4.65. The minimum absolute atomic E-state index is 0.227. The van der Waals surface area contributed by atoms with Crippen molar-refractivity contribution in [3.05, 3.63) is 29.3 Å². The van der Waals surface area contributed by atoms with E-state index >= 15 is 0 Å². The van der Waals surface area contributed by atoms with Gasteiger partial charge in [-0.1, -0.05) is 37.0 Å². The molecule has 2 rings (SSSR count). The average molecular weight is 248 g/mol. The molecule has 0 saturated heterocycles. The Balaban J connectivity index is 2.27. The fraction of sp³-hybridized carbons (Fsp3) is 0.625. The molecule has 1 saturated carbocycles. The van der Waals surface area contributed by atoms with Crippen molar-refractivity contribution < 1.29 is 9.84 Å². The van der Waals surface area contributed by atoms with Crippen LogP contribution in [0.15, 0.2) is 18.2 Å². The minimum Gasteiger partial charge on any atom is -0.496 e. The lowest BCUT2D eigenvalue weighted by atomic mass is 9.76. The molecule has 0 aromatic heterocycles. The van der Waals surface area contributed by atoms with E-state index in [9.17, 15) is 5.11 Å². The van der Waals surface area contributed by atoms with Crippen LogP contribution in [0.2, 0.25) is 0 Å². The number of rotatable bonds is 4. The molecule has 0 heterocycles. The smallest absolute Gasteiger partial charge is 0.122 e. The van der Waals surface area contributed by atoms with Crippen LogP contribution in [0, 0.1) is 12.8 Å². The number of benzene rings is 1. The first-order valence-corrected chi connectivity index (χ1v) is 7.01. The van der Waals surface area contributed by atoms with Gasteiger partial charge >= 0.3 is 0 Å². The third-order valence-corrected chi connectivity index (χ3v) is 4.20. The maximum atomic E-state index is 9.79. The van der Waals surface area contributed by atoms with Crippen LogP contribution in [0.1, 0.15) is 49.1 Å². The highest BCUT2D eigenvalue weighted by atomic mass is 16.5. The Bertz CT molecular complexity index is 381. The number of hydrogen-bond donors (Lipinski definition) is 1. The van der Waals surface area contributed by atoms with Crippen LogP contribution in [-0.4, -0.2) is 18.8 Å². The molecule has 0 amide bonds. The molecule has 0 spiro atoms. The monoisotopic (exact) mass is 248 g/mol. The summed E-state index contributed by atoms with van der Waals surface area (Å²) in [4.78, 5) is 0. The summed E-state index contributed by atoms with van der Waals surface area (Å²) in [5.74, 6) is 1.77. The molecule has 1 aromatic carbocycles. The van der Waals surface area contributed by atoms with Gasteiger partial charge in [0.25, 0.3) is 0 Å². The second-order valence-electron chi connectivity index (χ2n) is 5.43. The van der Waals surface area contributed by atoms with Gasteiger partial charge < -0.3 is 9.84 Å². The molecule has 18 heavy (non-hydrogen) atoms. The molecule has 2 heteroatoms. The Morgan fingerprint density at radius 2 is 2.00 bits per heavy atom. The molecule has 1 atom stereocenters. The number of aliphatic hydroxyl groups is 1. The van der Waals surface area contributed by atoms with E-state index in [4.69, 9.17) is 4.74 Å². The van der Waals surface area contributed by atoms with E-state index in [-0.39, 0.29) is 12.5 Å². The maximum Gasteiger partial charge on any atom is 0.122 e. The summed E-state index contributed by atoms with van der Waals surface area (Å²) in [5, 5.41) is 9.79. The number of methoxy groups -OCH3 is 1. The van der Waals surface area contributed by atoms with Crippen LogP contribution in [0.3, 0.4) is 0 Å². The molecule has 1 aliphatic carbocycles. The molecular weight excluding hydrogens is 224 g/mol. The first-order valence-electron chi connectivity index (χ1n) is 7.01. The van der Waals surface area contributed by atoms with E-state index < -0.39 is 0 Å². The Morgan fingerprint density at radius 3 is 2.61 bits per heavy atom. The summed E-state index contributed by atoms with van der Waals surface area (Å²) in [6.07, 6.45) is 6.43. The van der Waals surface area contributed by atoms with Crippen molar-refractivity contribution in [3.63, 3.8) is 0 Å². The van der Waals surface area contributed by atoms with Gasteiger partial charge in [-0.05, 0) is 31.7 Å². The molecule has 1 fully saturated rings. The lowest BCUT2D eigenvalue weighted by Gasteiger charge is -2.30. The Morgan fingerprint density at radius 1 is 1.28 bits per heavy atom. The summed E-state index contributed by atoms with van der Waals surface area (Å²) in [7, 11) is 1.71.